The Labute approximate surface area is 173 Å². The van der Waals surface area contributed by atoms with Crippen LogP contribution in [0.4, 0.5) is 5.82 Å². The average molecular weight is 388 g/mol. The van der Waals surface area contributed by atoms with E-state index in [0.29, 0.717) is 6.04 Å². The Kier molecular flexibility index (Phi) is 5.17. The Bertz CT molecular complexity index is 965. The summed E-state index contributed by atoms with van der Waals surface area (Å²) in [7, 11) is 0. The lowest BCUT2D eigenvalue weighted by atomic mass is 10.1. The van der Waals surface area contributed by atoms with Gasteiger partial charge in [-0.2, -0.15) is 0 Å². The maximum atomic E-state index is 5.05. The molecule has 0 aliphatic carbocycles. The van der Waals surface area contributed by atoms with Crippen molar-refractivity contribution in [2.75, 3.05) is 50.7 Å². The fourth-order valence-corrected chi connectivity index (χ4v) is 4.69. The minimum Gasteiger partial charge on any atom is -0.354 e. The van der Waals surface area contributed by atoms with Gasteiger partial charge in [-0.25, -0.2) is 9.97 Å². The quantitative estimate of drug-likeness (QED) is 0.685. The number of hydrogen-bond acceptors (Lipinski definition) is 5. The predicted octanol–water partition coefficient (Wildman–Crippen LogP) is 3.51. The van der Waals surface area contributed by atoms with Crippen LogP contribution in [0.2, 0.25) is 0 Å². The fraction of sp³-hybridized carbons (Fsp3) is 0.417. The third-order valence-corrected chi connectivity index (χ3v) is 6.45. The SMILES string of the molecule is CCN1CCN(C2CCN(c3nc(-c4ccccc4)nc4ccccc34)C2)CC1. The highest BCUT2D eigenvalue weighted by Gasteiger charge is 2.31. The van der Waals surface area contributed by atoms with Crippen LogP contribution in [-0.2, 0) is 0 Å². The molecule has 2 aromatic carbocycles. The Morgan fingerprint density at radius 1 is 0.862 bits per heavy atom. The van der Waals surface area contributed by atoms with Crippen molar-refractivity contribution in [1.82, 2.24) is 19.8 Å². The summed E-state index contributed by atoms with van der Waals surface area (Å²) in [6, 6.07) is 19.4. The van der Waals surface area contributed by atoms with Gasteiger partial charge in [0.2, 0.25) is 0 Å². The summed E-state index contributed by atoms with van der Waals surface area (Å²) in [4.78, 5) is 17.6. The molecule has 3 aromatic rings. The Hall–Kier alpha value is -2.50. The molecule has 0 amide bonds. The van der Waals surface area contributed by atoms with Gasteiger partial charge in [-0.1, -0.05) is 49.4 Å². The summed E-state index contributed by atoms with van der Waals surface area (Å²) >= 11 is 0. The molecule has 29 heavy (non-hydrogen) atoms. The zero-order chi connectivity index (χ0) is 19.6. The fourth-order valence-electron chi connectivity index (χ4n) is 4.69. The number of aromatic nitrogens is 2. The first-order valence-electron chi connectivity index (χ1n) is 10.9. The molecule has 5 rings (SSSR count). The minimum atomic E-state index is 0.628. The zero-order valence-electron chi connectivity index (χ0n) is 17.2. The van der Waals surface area contributed by atoms with Crippen LogP contribution in [0.25, 0.3) is 22.3 Å². The highest BCUT2D eigenvalue weighted by molar-refractivity contribution is 5.91. The van der Waals surface area contributed by atoms with E-state index in [9.17, 15) is 0 Å². The van der Waals surface area contributed by atoms with Crippen molar-refractivity contribution in [3.05, 3.63) is 54.6 Å². The molecule has 2 saturated heterocycles. The van der Waals surface area contributed by atoms with Gasteiger partial charge in [-0.15, -0.1) is 0 Å². The first-order chi connectivity index (χ1) is 14.3. The number of rotatable bonds is 4. The summed E-state index contributed by atoms with van der Waals surface area (Å²) in [6.07, 6.45) is 1.21. The third-order valence-electron chi connectivity index (χ3n) is 6.45. The average Bonchev–Trinajstić information content (AvgIpc) is 3.29. The minimum absolute atomic E-state index is 0.628. The van der Waals surface area contributed by atoms with Gasteiger partial charge < -0.3 is 9.80 Å². The van der Waals surface area contributed by atoms with Crippen molar-refractivity contribution in [1.29, 1.82) is 0 Å². The number of anilines is 1. The van der Waals surface area contributed by atoms with Crippen LogP contribution in [0.1, 0.15) is 13.3 Å². The van der Waals surface area contributed by atoms with Crippen molar-refractivity contribution in [3.8, 4) is 11.4 Å². The van der Waals surface area contributed by atoms with Crippen LogP contribution >= 0.6 is 0 Å². The van der Waals surface area contributed by atoms with Gasteiger partial charge >= 0.3 is 0 Å². The molecule has 5 heteroatoms. The van der Waals surface area contributed by atoms with E-state index in [4.69, 9.17) is 9.97 Å². The van der Waals surface area contributed by atoms with Gasteiger partial charge in [0.1, 0.15) is 5.82 Å². The second-order valence-electron chi connectivity index (χ2n) is 8.11. The van der Waals surface area contributed by atoms with Gasteiger partial charge in [0.15, 0.2) is 5.82 Å². The molecule has 2 aliphatic heterocycles. The van der Waals surface area contributed by atoms with E-state index in [1.165, 1.54) is 39.1 Å². The van der Waals surface area contributed by atoms with Crippen LogP contribution in [0, 0.1) is 0 Å². The summed E-state index contributed by atoms with van der Waals surface area (Å²) in [5.74, 6) is 1.91. The van der Waals surface area contributed by atoms with E-state index < -0.39 is 0 Å². The number of para-hydroxylation sites is 1. The molecule has 0 radical (unpaired) electrons. The van der Waals surface area contributed by atoms with Crippen LogP contribution in [0.15, 0.2) is 54.6 Å². The summed E-state index contributed by atoms with van der Waals surface area (Å²) in [6.45, 7) is 10.3. The number of benzene rings is 2. The Balaban J connectivity index is 1.43. The van der Waals surface area contributed by atoms with E-state index in [0.717, 1.165) is 41.2 Å². The molecule has 0 spiro atoms. The molecular weight excluding hydrogens is 358 g/mol. The number of piperazine rings is 1. The Morgan fingerprint density at radius 2 is 1.62 bits per heavy atom. The molecule has 0 saturated carbocycles. The Morgan fingerprint density at radius 3 is 2.41 bits per heavy atom. The van der Waals surface area contributed by atoms with Gasteiger partial charge in [0, 0.05) is 56.3 Å². The normalized spacial score (nSPS) is 21.1. The van der Waals surface area contributed by atoms with Crippen LogP contribution in [0.3, 0.4) is 0 Å². The van der Waals surface area contributed by atoms with Crippen molar-refractivity contribution < 1.29 is 0 Å². The van der Waals surface area contributed by atoms with E-state index in [2.05, 4.69) is 70.2 Å². The van der Waals surface area contributed by atoms with Gasteiger partial charge in [0.05, 0.1) is 5.52 Å². The van der Waals surface area contributed by atoms with Gasteiger partial charge in [0.25, 0.3) is 0 Å². The van der Waals surface area contributed by atoms with Crippen molar-refractivity contribution in [3.63, 3.8) is 0 Å². The smallest absolute Gasteiger partial charge is 0.162 e. The molecule has 2 aliphatic rings. The maximum Gasteiger partial charge on any atom is 0.162 e. The molecule has 5 nitrogen and oxygen atoms in total. The zero-order valence-corrected chi connectivity index (χ0v) is 17.2. The number of nitrogens with zero attached hydrogens (tertiary/aromatic N) is 5. The van der Waals surface area contributed by atoms with E-state index in [1.807, 2.05) is 6.07 Å². The lowest BCUT2D eigenvalue weighted by molar-refractivity contribution is 0.107. The van der Waals surface area contributed by atoms with Crippen molar-refractivity contribution >= 4 is 16.7 Å². The van der Waals surface area contributed by atoms with Gasteiger partial charge in [-0.05, 0) is 25.1 Å². The molecule has 0 bridgehead atoms. The molecule has 1 aromatic heterocycles. The van der Waals surface area contributed by atoms with E-state index in [-0.39, 0.29) is 0 Å². The van der Waals surface area contributed by atoms with Crippen molar-refractivity contribution in [2.24, 2.45) is 0 Å². The predicted molar refractivity (Wildman–Crippen MR) is 119 cm³/mol. The first kappa shape index (κ1) is 18.5. The monoisotopic (exact) mass is 387 g/mol. The second-order valence-corrected chi connectivity index (χ2v) is 8.11. The second kappa shape index (κ2) is 8.09. The molecule has 2 fully saturated rings. The van der Waals surface area contributed by atoms with E-state index in [1.54, 1.807) is 0 Å². The largest absolute Gasteiger partial charge is 0.354 e. The lowest BCUT2D eigenvalue weighted by Gasteiger charge is -2.37. The lowest BCUT2D eigenvalue weighted by Crippen LogP contribution is -2.50. The van der Waals surface area contributed by atoms with Crippen molar-refractivity contribution in [2.45, 2.75) is 19.4 Å². The summed E-state index contributed by atoms with van der Waals surface area (Å²) in [5, 5.41) is 1.16. The third kappa shape index (κ3) is 3.72. The molecular formula is C24H29N5. The topological polar surface area (TPSA) is 35.5 Å². The van der Waals surface area contributed by atoms with Crippen LogP contribution < -0.4 is 4.90 Å². The molecule has 0 N–H and O–H groups in total. The molecule has 1 atom stereocenters. The number of hydrogen-bond donors (Lipinski definition) is 0. The molecule has 150 valence electrons. The van der Waals surface area contributed by atoms with E-state index >= 15 is 0 Å². The molecule has 1 unspecified atom stereocenters. The number of fused-ring (bicyclic) bond motifs is 1. The maximum absolute atomic E-state index is 5.05. The number of likely N-dealkylation sites (N-methyl/N-ethyl adjacent to an activating group) is 1. The standard InChI is InChI=1S/C24H29N5/c1-2-27-14-16-28(17-15-27)20-12-13-29(18-20)24-21-10-6-7-11-22(21)25-23(26-24)19-8-4-3-5-9-19/h3-11,20H,2,12-18H2,1H3. The highest BCUT2D eigenvalue weighted by Crippen LogP contribution is 2.30. The highest BCUT2D eigenvalue weighted by atomic mass is 15.3. The van der Waals surface area contributed by atoms with Gasteiger partial charge in [-0.3, -0.25) is 4.90 Å². The molecule has 3 heterocycles. The summed E-state index contributed by atoms with van der Waals surface area (Å²) in [5.41, 5.74) is 2.10. The summed E-state index contributed by atoms with van der Waals surface area (Å²) < 4.78 is 0. The first-order valence-corrected chi connectivity index (χ1v) is 10.9. The van der Waals surface area contributed by atoms with Crippen LogP contribution in [0.5, 0.6) is 0 Å². The van der Waals surface area contributed by atoms with Crippen LogP contribution in [-0.4, -0.2) is 71.6 Å².